The molecule has 0 aliphatic heterocycles. The molecule has 4 aromatic heterocycles. The molecule has 15 nitrogen and oxygen atoms in total. The van der Waals surface area contributed by atoms with Crippen LogP contribution < -0.4 is 10.9 Å². The first kappa shape index (κ1) is 43.5. The van der Waals surface area contributed by atoms with Crippen LogP contribution in [0.3, 0.4) is 0 Å². The lowest BCUT2D eigenvalue weighted by Crippen LogP contribution is -2.09. The summed E-state index contributed by atoms with van der Waals surface area (Å²) in [5.74, 6) is 1.12. The van der Waals surface area contributed by atoms with Crippen molar-refractivity contribution in [3.05, 3.63) is 188 Å². The Bertz CT molecular complexity index is 4830. The number of azo groups is 1. The summed E-state index contributed by atoms with van der Waals surface area (Å²) >= 11 is 0. The largest absolute Gasteiger partial charge is 0.507 e. The van der Waals surface area contributed by atoms with Gasteiger partial charge >= 0.3 is 0 Å². The number of oxazole rings is 4. The number of anilines is 2. The number of hydrogen-bond donors (Lipinski definition) is 5. The van der Waals surface area contributed by atoms with Crippen LogP contribution in [0, 0.1) is 0 Å². The van der Waals surface area contributed by atoms with Gasteiger partial charge in [0.25, 0.3) is 0 Å². The van der Waals surface area contributed by atoms with Gasteiger partial charge < -0.3 is 38.4 Å². The number of para-hydroxylation sites is 8. The van der Waals surface area contributed by atoms with Gasteiger partial charge in [0.1, 0.15) is 39.2 Å². The molecule has 0 fully saturated rings. The van der Waals surface area contributed by atoms with Crippen LogP contribution in [-0.4, -0.2) is 35.3 Å². The van der Waals surface area contributed by atoms with Gasteiger partial charge in [-0.1, -0.05) is 72.8 Å². The van der Waals surface area contributed by atoms with Crippen LogP contribution in [0.2, 0.25) is 0 Å². The van der Waals surface area contributed by atoms with Crippen LogP contribution >= 0.6 is 0 Å². The van der Waals surface area contributed by atoms with Crippen molar-refractivity contribution >= 4 is 110 Å². The lowest BCUT2D eigenvalue weighted by molar-refractivity contribution is 0.475. The molecular formula is C62H36N8O7. The van der Waals surface area contributed by atoms with Crippen molar-refractivity contribution in [2.45, 2.75) is 0 Å². The fourth-order valence-corrected chi connectivity index (χ4v) is 10.0. The van der Waals surface area contributed by atoms with E-state index in [0.717, 1.165) is 38.3 Å². The molecule has 0 spiro atoms. The minimum Gasteiger partial charge on any atom is -0.507 e. The molecule has 15 rings (SSSR count). The minimum atomic E-state index is -0.172. The van der Waals surface area contributed by atoms with E-state index >= 15 is 0 Å². The van der Waals surface area contributed by atoms with Crippen LogP contribution in [0.5, 0.6) is 17.2 Å². The van der Waals surface area contributed by atoms with E-state index in [0.29, 0.717) is 100 Å². The summed E-state index contributed by atoms with van der Waals surface area (Å²) in [4.78, 5) is 18.8. The summed E-state index contributed by atoms with van der Waals surface area (Å²) < 4.78 is 24.5. The summed E-state index contributed by atoms with van der Waals surface area (Å²) in [7, 11) is 0. The molecule has 15 heteroatoms. The molecule has 77 heavy (non-hydrogen) atoms. The average molecular weight is 1010 g/mol. The third-order valence-electron chi connectivity index (χ3n) is 13.8. The van der Waals surface area contributed by atoms with Gasteiger partial charge in [-0.2, -0.15) is 5.11 Å². The number of hydrazine groups is 1. The first-order chi connectivity index (χ1) is 37.8. The van der Waals surface area contributed by atoms with Gasteiger partial charge in [0.15, 0.2) is 33.8 Å². The second-order valence-electron chi connectivity index (χ2n) is 18.6. The molecule has 0 radical (unpaired) electrons. The van der Waals surface area contributed by atoms with Crippen molar-refractivity contribution in [3.63, 3.8) is 0 Å². The third kappa shape index (κ3) is 7.36. The molecule has 0 unspecified atom stereocenters. The Morgan fingerprint density at radius 1 is 0.351 bits per heavy atom. The fraction of sp³-hybridized carbons (Fsp3) is 0. The van der Waals surface area contributed by atoms with Gasteiger partial charge in [-0.15, -0.1) is 5.11 Å². The first-order valence-electron chi connectivity index (χ1n) is 24.5. The fourth-order valence-electron chi connectivity index (χ4n) is 10.0. The Kier molecular flexibility index (Phi) is 9.61. The molecule has 0 aliphatic rings. The highest BCUT2D eigenvalue weighted by Gasteiger charge is 2.23. The Morgan fingerprint density at radius 2 is 0.831 bits per heavy atom. The van der Waals surface area contributed by atoms with Crippen molar-refractivity contribution in [1.29, 1.82) is 0 Å². The monoisotopic (exact) mass is 1000 g/mol. The van der Waals surface area contributed by atoms with Gasteiger partial charge in [-0.05, 0) is 137 Å². The lowest BCUT2D eigenvalue weighted by atomic mass is 10.0. The molecule has 0 saturated carbocycles. The van der Waals surface area contributed by atoms with Gasteiger partial charge in [0.05, 0.1) is 22.5 Å². The number of benzene rings is 11. The quantitative estimate of drug-likeness (QED) is 0.0394. The maximum Gasteiger partial charge on any atom is 0.231 e. The summed E-state index contributed by atoms with van der Waals surface area (Å²) in [6.07, 6.45) is 0. The highest BCUT2D eigenvalue weighted by Crippen LogP contribution is 2.47. The molecule has 0 amide bonds. The van der Waals surface area contributed by atoms with E-state index in [-0.39, 0.29) is 34.7 Å². The van der Waals surface area contributed by atoms with Crippen molar-refractivity contribution in [3.8, 4) is 63.1 Å². The molecule has 0 aliphatic carbocycles. The second kappa shape index (κ2) is 17.0. The van der Waals surface area contributed by atoms with Gasteiger partial charge in [-0.25, -0.2) is 19.9 Å². The number of nitrogens with zero attached hydrogens (tertiary/aromatic N) is 6. The maximum absolute atomic E-state index is 12.0. The van der Waals surface area contributed by atoms with Crippen LogP contribution in [-0.2, 0) is 0 Å². The standard InChI is InChI=1S/C62H36N8O7/c71-56-42-30-38(67-69-54-40-23-19-34(59-63-46-9-1-5-13-50(46)74-59)26-36(40)28-44(57(54)72)61-65-48-11-3-7-15-52(48)76-61)21-17-32(42)25-33-18-22-39(31-43(33)56)68-70-55-41-24-20-35(60-64-47-10-2-6-14-51(47)75-60)27-37(41)29-45(58(55)73)62-66-49-12-4-8-16-53(49)77-62/h1-31,67,69,71-73H. The first-order valence-corrected chi connectivity index (χ1v) is 24.5. The van der Waals surface area contributed by atoms with Crippen LogP contribution in [0.1, 0.15) is 0 Å². The summed E-state index contributed by atoms with van der Waals surface area (Å²) in [6.45, 7) is 0. The zero-order valence-corrected chi connectivity index (χ0v) is 40.1. The van der Waals surface area contributed by atoms with Gasteiger partial charge in [0, 0.05) is 32.7 Å². The summed E-state index contributed by atoms with van der Waals surface area (Å²) in [5.41, 5.74) is 15.5. The molecule has 0 bridgehead atoms. The van der Waals surface area contributed by atoms with Crippen molar-refractivity contribution in [1.82, 2.24) is 19.9 Å². The number of fused-ring (bicyclic) bond motifs is 8. The van der Waals surface area contributed by atoms with Gasteiger partial charge in [0.2, 0.25) is 23.6 Å². The van der Waals surface area contributed by atoms with E-state index in [9.17, 15) is 15.3 Å². The highest BCUT2D eigenvalue weighted by atomic mass is 16.4. The Balaban J connectivity index is 0.781. The Labute approximate surface area is 433 Å². The predicted molar refractivity (Wildman–Crippen MR) is 298 cm³/mol. The van der Waals surface area contributed by atoms with E-state index in [4.69, 9.17) is 32.6 Å². The molecule has 11 aromatic carbocycles. The molecule has 0 atom stereocenters. The van der Waals surface area contributed by atoms with Gasteiger partial charge in [-0.3, -0.25) is 5.43 Å². The van der Waals surface area contributed by atoms with E-state index in [2.05, 4.69) is 26.1 Å². The Hall–Kier alpha value is -11.1. The van der Waals surface area contributed by atoms with Crippen molar-refractivity contribution in [2.75, 3.05) is 10.9 Å². The Morgan fingerprint density at radius 3 is 1.40 bits per heavy atom. The SMILES string of the molecule is Oc1c(-c2nc3ccccc3o2)cc2cc(-c3nc4ccccc4o3)ccc2c1N=Nc1ccc2cc3ccc(NNc4c(O)c(-c5nc6ccccc6o5)cc5cc(-c6nc7ccccc7o6)ccc45)cc3c(O)c2c1. The van der Waals surface area contributed by atoms with Crippen LogP contribution in [0.4, 0.5) is 22.7 Å². The highest BCUT2D eigenvalue weighted by molar-refractivity contribution is 6.08. The second-order valence-corrected chi connectivity index (χ2v) is 18.6. The van der Waals surface area contributed by atoms with E-state index in [1.54, 1.807) is 18.2 Å². The van der Waals surface area contributed by atoms with Crippen LogP contribution in [0.15, 0.2) is 216 Å². The van der Waals surface area contributed by atoms with Crippen LogP contribution in [0.25, 0.3) is 133 Å². The lowest BCUT2D eigenvalue weighted by Gasteiger charge is -2.17. The zero-order chi connectivity index (χ0) is 51.3. The number of aromatic hydroxyl groups is 3. The molecular weight excluding hydrogens is 969 g/mol. The molecule has 5 N–H and O–H groups in total. The summed E-state index contributed by atoms with van der Waals surface area (Å²) in [5, 5.41) is 50.7. The molecule has 4 heterocycles. The predicted octanol–water partition coefficient (Wildman–Crippen LogP) is 16.5. The number of rotatable bonds is 9. The van der Waals surface area contributed by atoms with E-state index < -0.39 is 0 Å². The van der Waals surface area contributed by atoms with E-state index in [1.165, 1.54) is 0 Å². The molecule has 0 saturated heterocycles. The number of phenolic OH excluding ortho intramolecular Hbond substituents is 3. The molecule has 366 valence electrons. The molecule has 15 aromatic rings. The summed E-state index contributed by atoms with van der Waals surface area (Å²) in [6, 6.07) is 58.0. The number of hydrogen-bond acceptors (Lipinski definition) is 15. The average Bonchev–Trinajstić information content (AvgIpc) is 4.30. The normalized spacial score (nSPS) is 12.0. The minimum absolute atomic E-state index is 0.0224. The smallest absolute Gasteiger partial charge is 0.231 e. The zero-order valence-electron chi connectivity index (χ0n) is 40.1. The van der Waals surface area contributed by atoms with E-state index in [1.807, 2.05) is 170 Å². The van der Waals surface area contributed by atoms with Crippen molar-refractivity contribution < 1.29 is 33.0 Å². The third-order valence-corrected chi connectivity index (χ3v) is 13.8. The maximum atomic E-state index is 12.0. The topological polar surface area (TPSA) is 214 Å². The number of nitrogens with one attached hydrogen (secondary N) is 2. The number of aromatic nitrogens is 4. The van der Waals surface area contributed by atoms with Crippen molar-refractivity contribution in [2.24, 2.45) is 10.2 Å². The number of phenols is 3.